The van der Waals surface area contributed by atoms with E-state index >= 15 is 0 Å². The lowest BCUT2D eigenvalue weighted by molar-refractivity contribution is 0.487. The van der Waals surface area contributed by atoms with Crippen LogP contribution in [0.1, 0.15) is 24.9 Å². The lowest BCUT2D eigenvalue weighted by Gasteiger charge is -2.25. The van der Waals surface area contributed by atoms with Crippen molar-refractivity contribution in [1.82, 2.24) is 35.3 Å². The van der Waals surface area contributed by atoms with Crippen LogP contribution in [0.5, 0.6) is 0 Å². The monoisotopic (exact) mass is 538 g/mol. The number of hydrogen-bond acceptors (Lipinski definition) is 10. The molecule has 0 N–H and O–H groups in total. The van der Waals surface area contributed by atoms with Crippen molar-refractivity contribution in [2.75, 3.05) is 0 Å². The zero-order valence-electron chi connectivity index (χ0n) is 21.9. The summed E-state index contributed by atoms with van der Waals surface area (Å²) in [5, 5.41) is 17.0. The predicted octanol–water partition coefficient (Wildman–Crippen LogP) is 6.08. The van der Waals surface area contributed by atoms with Crippen LogP contribution >= 0.6 is 0 Å². The Balaban J connectivity index is 1.09. The molecule has 0 fully saturated rings. The van der Waals surface area contributed by atoms with Crippen molar-refractivity contribution in [1.29, 1.82) is 0 Å². The molecule has 1 unspecified atom stereocenters. The first kappa shape index (κ1) is 24.4. The summed E-state index contributed by atoms with van der Waals surface area (Å²) in [5.74, 6) is 1.51. The maximum Gasteiger partial charge on any atom is 0.249 e. The summed E-state index contributed by atoms with van der Waals surface area (Å²) in [6.07, 6.45) is 9.70. The summed E-state index contributed by atoms with van der Waals surface area (Å²) in [7, 11) is 0. The Morgan fingerprint density at radius 1 is 0.634 bits per heavy atom. The third-order valence-corrected chi connectivity index (χ3v) is 6.82. The highest BCUT2D eigenvalue weighted by Gasteiger charge is 2.29. The van der Waals surface area contributed by atoms with E-state index in [0.29, 0.717) is 35.5 Å². The van der Waals surface area contributed by atoms with E-state index in [0.717, 1.165) is 33.8 Å². The highest BCUT2D eigenvalue weighted by molar-refractivity contribution is 6.08. The van der Waals surface area contributed by atoms with E-state index in [2.05, 4.69) is 42.3 Å². The Labute approximate surface area is 234 Å². The van der Waals surface area contributed by atoms with E-state index < -0.39 is 5.54 Å². The third kappa shape index (κ3) is 4.82. The van der Waals surface area contributed by atoms with Gasteiger partial charge in [0.1, 0.15) is 5.54 Å². The van der Waals surface area contributed by atoms with Gasteiger partial charge in [-0.25, -0.2) is 0 Å². The van der Waals surface area contributed by atoms with Gasteiger partial charge in [-0.05, 0) is 67.9 Å². The molecule has 1 aliphatic heterocycles. The van der Waals surface area contributed by atoms with Gasteiger partial charge in [-0.1, -0.05) is 24.3 Å². The molecule has 0 spiro atoms. The summed E-state index contributed by atoms with van der Waals surface area (Å²) in [6, 6.07) is 22.8. The largest absolute Gasteiger partial charge is 0.416 e. The molecule has 0 aliphatic carbocycles. The predicted molar refractivity (Wildman–Crippen MR) is 152 cm³/mol. The van der Waals surface area contributed by atoms with Crippen LogP contribution in [0.4, 0.5) is 0 Å². The van der Waals surface area contributed by atoms with Gasteiger partial charge < -0.3 is 8.83 Å². The van der Waals surface area contributed by atoms with Gasteiger partial charge in [-0.2, -0.15) is 0 Å². The number of nitrogens with zero attached hydrogens (tertiary/aromatic N) is 8. The minimum atomic E-state index is -0.428. The molecule has 0 saturated heterocycles. The van der Waals surface area contributed by atoms with E-state index in [9.17, 15) is 0 Å². The highest BCUT2D eigenvalue weighted by Crippen LogP contribution is 2.34. The van der Waals surface area contributed by atoms with Gasteiger partial charge in [0.2, 0.25) is 23.6 Å². The van der Waals surface area contributed by atoms with Gasteiger partial charge in [0, 0.05) is 35.9 Å². The molecule has 1 aliphatic rings. The molecule has 7 rings (SSSR count). The minimum Gasteiger partial charge on any atom is -0.416 e. The van der Waals surface area contributed by atoms with Gasteiger partial charge >= 0.3 is 0 Å². The van der Waals surface area contributed by atoms with Gasteiger partial charge in [0.05, 0.1) is 28.2 Å². The SMILES string of the molecule is CC1(c2ccccn2)CC=C(c2nnc(-c3cccc(-c4nnc(-c5ccc(-c6ccccn6)nc5)o4)c3)o2)C=N1. The Bertz CT molecular complexity index is 1880. The molecule has 5 aromatic heterocycles. The third-order valence-electron chi connectivity index (χ3n) is 6.82. The average molecular weight is 539 g/mol. The van der Waals surface area contributed by atoms with Crippen molar-refractivity contribution in [2.45, 2.75) is 18.9 Å². The van der Waals surface area contributed by atoms with Crippen LogP contribution in [0, 0.1) is 0 Å². The molecule has 6 aromatic rings. The maximum absolute atomic E-state index is 6.02. The normalized spacial score (nSPS) is 16.5. The van der Waals surface area contributed by atoms with Crippen molar-refractivity contribution in [3.05, 3.63) is 109 Å². The van der Waals surface area contributed by atoms with Crippen LogP contribution in [-0.4, -0.2) is 41.6 Å². The Kier molecular flexibility index (Phi) is 6.05. The van der Waals surface area contributed by atoms with Crippen molar-refractivity contribution < 1.29 is 8.83 Å². The molecule has 1 aromatic carbocycles. The summed E-state index contributed by atoms with van der Waals surface area (Å²) in [6.45, 7) is 2.06. The van der Waals surface area contributed by atoms with Crippen molar-refractivity contribution in [3.8, 4) is 45.8 Å². The summed E-state index contributed by atoms with van der Waals surface area (Å²) in [4.78, 5) is 18.0. The molecule has 0 radical (unpaired) electrons. The van der Waals surface area contributed by atoms with E-state index in [1.54, 1.807) is 24.8 Å². The molecule has 41 heavy (non-hydrogen) atoms. The first-order valence-corrected chi connectivity index (χ1v) is 13.0. The molecule has 10 heteroatoms. The zero-order chi connectivity index (χ0) is 27.6. The topological polar surface area (TPSA) is 129 Å². The molecular weight excluding hydrogens is 516 g/mol. The average Bonchev–Trinajstić information content (AvgIpc) is 3.74. The van der Waals surface area contributed by atoms with Gasteiger partial charge in [-0.3, -0.25) is 19.9 Å². The number of rotatable bonds is 6. The van der Waals surface area contributed by atoms with E-state index in [4.69, 9.17) is 13.8 Å². The molecule has 1 atom stereocenters. The standard InChI is InChI=1S/C31H22N8O2/c1-31(26-10-3-5-16-33-26)14-13-23(19-35-31)30-39-37-28(41-30)21-8-6-7-20(17-21)27-36-38-29(40-27)22-11-12-25(34-18-22)24-9-2-4-15-32-24/h2-13,15-19H,14H2,1H3. The van der Waals surface area contributed by atoms with Crippen LogP contribution in [0.15, 0.2) is 111 Å². The molecular formula is C31H22N8O2. The first-order valence-electron chi connectivity index (χ1n) is 13.0. The van der Waals surface area contributed by atoms with Gasteiger partial charge in [0.25, 0.3) is 0 Å². The number of aromatic nitrogens is 7. The maximum atomic E-state index is 6.02. The fourth-order valence-electron chi connectivity index (χ4n) is 4.51. The number of hydrogen-bond donors (Lipinski definition) is 0. The highest BCUT2D eigenvalue weighted by atomic mass is 16.4. The second-order valence-electron chi connectivity index (χ2n) is 9.66. The van der Waals surface area contributed by atoms with Crippen molar-refractivity contribution in [3.63, 3.8) is 0 Å². The second-order valence-corrected chi connectivity index (χ2v) is 9.66. The van der Waals surface area contributed by atoms with E-state index in [1.807, 2.05) is 78.9 Å². The molecule has 6 heterocycles. The number of benzene rings is 1. The van der Waals surface area contributed by atoms with Gasteiger partial charge in [0.15, 0.2) is 0 Å². The molecule has 10 nitrogen and oxygen atoms in total. The number of dihydropyridines is 1. The zero-order valence-corrected chi connectivity index (χ0v) is 21.9. The molecule has 0 saturated carbocycles. The molecule has 0 amide bonds. The number of aliphatic imine (C=N–C) groups is 1. The fourth-order valence-corrected chi connectivity index (χ4v) is 4.51. The van der Waals surface area contributed by atoms with Crippen LogP contribution in [0.2, 0.25) is 0 Å². The fraction of sp³-hybridized carbons (Fsp3) is 0.0968. The van der Waals surface area contributed by atoms with Crippen LogP contribution < -0.4 is 0 Å². The summed E-state index contributed by atoms with van der Waals surface area (Å²) >= 11 is 0. The summed E-state index contributed by atoms with van der Waals surface area (Å²) < 4.78 is 12.0. The smallest absolute Gasteiger partial charge is 0.249 e. The first-order chi connectivity index (χ1) is 20.1. The lowest BCUT2D eigenvalue weighted by Crippen LogP contribution is -2.22. The lowest BCUT2D eigenvalue weighted by atomic mass is 9.90. The number of allylic oxidation sites excluding steroid dienone is 1. The van der Waals surface area contributed by atoms with Crippen LogP contribution in [-0.2, 0) is 5.54 Å². The van der Waals surface area contributed by atoms with Crippen LogP contribution in [0.3, 0.4) is 0 Å². The Morgan fingerprint density at radius 3 is 1.95 bits per heavy atom. The molecule has 0 bridgehead atoms. The Morgan fingerprint density at radius 2 is 1.32 bits per heavy atom. The quantitative estimate of drug-likeness (QED) is 0.248. The second kappa shape index (κ2) is 10.2. The molecule has 198 valence electrons. The number of pyridine rings is 3. The van der Waals surface area contributed by atoms with Crippen molar-refractivity contribution >= 4 is 11.8 Å². The van der Waals surface area contributed by atoms with Gasteiger partial charge in [-0.15, -0.1) is 20.4 Å². The van der Waals surface area contributed by atoms with E-state index in [-0.39, 0.29) is 0 Å². The van der Waals surface area contributed by atoms with Crippen LogP contribution in [0.25, 0.3) is 51.3 Å². The minimum absolute atomic E-state index is 0.367. The van der Waals surface area contributed by atoms with E-state index in [1.165, 1.54) is 0 Å². The van der Waals surface area contributed by atoms with Crippen molar-refractivity contribution in [2.24, 2.45) is 4.99 Å². The summed E-state index contributed by atoms with van der Waals surface area (Å²) in [5.41, 5.74) is 4.98. The Hall–Kier alpha value is -5.64.